The fourth-order valence-corrected chi connectivity index (χ4v) is 4.38. The molecular formula is C34H39F3N4O5. The summed E-state index contributed by atoms with van der Waals surface area (Å²) >= 11 is 0. The third-order valence-electron chi connectivity index (χ3n) is 6.95. The van der Waals surface area contributed by atoms with Crippen LogP contribution in [-0.2, 0) is 26.9 Å². The predicted octanol–water partition coefficient (Wildman–Crippen LogP) is 5.98. The number of nitrogens with zero attached hydrogens (tertiary/aromatic N) is 2. The van der Waals surface area contributed by atoms with Gasteiger partial charge in [0.05, 0.1) is 24.3 Å². The maximum absolute atomic E-state index is 13.3. The van der Waals surface area contributed by atoms with E-state index in [1.807, 2.05) is 19.9 Å². The Hall–Kier alpha value is -4.92. The van der Waals surface area contributed by atoms with E-state index >= 15 is 0 Å². The van der Waals surface area contributed by atoms with Crippen molar-refractivity contribution in [3.05, 3.63) is 94.7 Å². The fourth-order valence-electron chi connectivity index (χ4n) is 4.38. The van der Waals surface area contributed by atoms with Gasteiger partial charge in [0.25, 0.3) is 11.8 Å². The van der Waals surface area contributed by atoms with Crippen molar-refractivity contribution in [1.82, 2.24) is 15.6 Å². The summed E-state index contributed by atoms with van der Waals surface area (Å²) in [6, 6.07) is 16.4. The largest absolute Gasteiger partial charge is 0.467 e. The highest BCUT2D eigenvalue weighted by atomic mass is 19.4. The molecule has 3 atom stereocenters. The van der Waals surface area contributed by atoms with Gasteiger partial charge in [0.15, 0.2) is 5.60 Å². The van der Waals surface area contributed by atoms with Crippen LogP contribution in [0.15, 0.2) is 66.9 Å². The van der Waals surface area contributed by atoms with E-state index in [1.165, 1.54) is 27.9 Å². The molecular weight excluding hydrogens is 601 g/mol. The van der Waals surface area contributed by atoms with E-state index in [-0.39, 0.29) is 11.8 Å². The summed E-state index contributed by atoms with van der Waals surface area (Å²) < 4.78 is 49.0. The molecule has 0 saturated carbocycles. The number of aromatic nitrogens is 1. The van der Waals surface area contributed by atoms with Gasteiger partial charge < -0.3 is 20.1 Å². The lowest BCUT2D eigenvalue weighted by Crippen LogP contribution is -2.51. The molecule has 0 aliphatic rings. The van der Waals surface area contributed by atoms with Crippen molar-refractivity contribution in [1.29, 1.82) is 5.26 Å². The van der Waals surface area contributed by atoms with E-state index in [0.29, 0.717) is 23.7 Å². The summed E-state index contributed by atoms with van der Waals surface area (Å²) in [5, 5.41) is 15.0. The van der Waals surface area contributed by atoms with Crippen LogP contribution in [0.1, 0.15) is 80.1 Å². The van der Waals surface area contributed by atoms with E-state index < -0.39 is 47.2 Å². The molecule has 0 saturated heterocycles. The minimum absolute atomic E-state index is 0.144. The molecule has 2 N–H and O–H groups in total. The van der Waals surface area contributed by atoms with Crippen LogP contribution in [0.3, 0.4) is 0 Å². The number of hydrogen-bond acceptors (Lipinski definition) is 7. The second kappa shape index (κ2) is 16.4. The lowest BCUT2D eigenvalue weighted by molar-refractivity contribution is -0.142. The van der Waals surface area contributed by atoms with Crippen molar-refractivity contribution in [2.45, 2.75) is 77.7 Å². The Morgan fingerprint density at radius 2 is 1.63 bits per heavy atom. The summed E-state index contributed by atoms with van der Waals surface area (Å²) in [7, 11) is 1.23. The molecule has 0 fully saturated rings. The van der Waals surface area contributed by atoms with Gasteiger partial charge >= 0.3 is 12.1 Å². The van der Waals surface area contributed by atoms with Gasteiger partial charge in [0.2, 0.25) is 5.88 Å². The van der Waals surface area contributed by atoms with Crippen LogP contribution in [0, 0.1) is 11.3 Å². The van der Waals surface area contributed by atoms with Crippen molar-refractivity contribution < 1.29 is 37.0 Å². The van der Waals surface area contributed by atoms with Gasteiger partial charge in [-0.1, -0.05) is 38.1 Å². The number of alkyl halides is 3. The van der Waals surface area contributed by atoms with Crippen molar-refractivity contribution in [2.75, 3.05) is 7.11 Å². The van der Waals surface area contributed by atoms with Gasteiger partial charge in [-0.15, -0.1) is 0 Å². The zero-order chi connectivity index (χ0) is 34.7. The average molecular weight is 641 g/mol. The summed E-state index contributed by atoms with van der Waals surface area (Å²) in [5.41, 5.74) is -0.0302. The number of ether oxygens (including phenoxy) is 2. The number of carbonyl (C=O) groups excluding carboxylic acids is 3. The first-order chi connectivity index (χ1) is 21.6. The van der Waals surface area contributed by atoms with Crippen molar-refractivity contribution in [3.8, 4) is 11.9 Å². The molecule has 246 valence electrons. The number of hydrogen-bond donors (Lipinski definition) is 2. The van der Waals surface area contributed by atoms with E-state index in [2.05, 4.69) is 26.4 Å². The van der Waals surface area contributed by atoms with E-state index in [9.17, 15) is 32.8 Å². The van der Waals surface area contributed by atoms with Gasteiger partial charge in [-0.05, 0) is 75.6 Å². The summed E-state index contributed by atoms with van der Waals surface area (Å²) in [6.45, 7) is 10.3. The quantitative estimate of drug-likeness (QED) is 0.247. The zero-order valence-corrected chi connectivity index (χ0v) is 26.9. The molecule has 0 aliphatic carbocycles. The molecule has 2 aromatic carbocycles. The Morgan fingerprint density at radius 1 is 0.978 bits per heavy atom. The minimum atomic E-state index is -4.55. The highest BCUT2D eigenvalue weighted by Gasteiger charge is 2.35. The first-order valence-corrected chi connectivity index (χ1v) is 14.7. The molecule has 3 aromatic rings. The summed E-state index contributed by atoms with van der Waals surface area (Å²) in [6.07, 6.45) is -3.50. The number of pyridine rings is 1. The normalized spacial score (nSPS) is 13.1. The maximum atomic E-state index is 13.3. The lowest BCUT2D eigenvalue weighted by Gasteiger charge is -2.30. The molecule has 3 rings (SSSR count). The second-order valence-corrected chi connectivity index (χ2v) is 10.7. The first-order valence-electron chi connectivity index (χ1n) is 14.7. The third-order valence-corrected chi connectivity index (χ3v) is 6.95. The molecule has 0 radical (unpaired) electrons. The molecule has 0 spiro atoms. The number of esters is 1. The molecule has 9 nitrogen and oxygen atoms in total. The van der Waals surface area contributed by atoms with Crippen LogP contribution in [0.25, 0.3) is 0 Å². The van der Waals surface area contributed by atoms with Crippen LogP contribution in [0.4, 0.5) is 13.2 Å². The number of carbonyl (C=O) groups is 3. The Labute approximate surface area is 267 Å². The molecule has 0 bridgehead atoms. The summed E-state index contributed by atoms with van der Waals surface area (Å²) in [4.78, 5) is 41.2. The fraction of sp³-hybridized carbons (Fsp3) is 0.382. The van der Waals surface area contributed by atoms with Gasteiger partial charge in [-0.25, -0.2) is 9.78 Å². The number of halogens is 3. The molecule has 2 amide bonds. The SMILES string of the molecule is CC.COC(=O)C(C)NC(=O)c1ccc(CC(c2cccc(C#N)c2)C(C)NC(=O)C(C)(C)Oc2ccc(C(F)(F)F)cn2)cc1. The van der Waals surface area contributed by atoms with Crippen LogP contribution in [-0.4, -0.2) is 47.6 Å². The molecule has 46 heavy (non-hydrogen) atoms. The lowest BCUT2D eigenvalue weighted by atomic mass is 9.85. The van der Waals surface area contributed by atoms with Crippen LogP contribution >= 0.6 is 0 Å². The summed E-state index contributed by atoms with van der Waals surface area (Å²) in [5.74, 6) is -2.02. The van der Waals surface area contributed by atoms with E-state index in [0.717, 1.165) is 23.3 Å². The highest BCUT2D eigenvalue weighted by Crippen LogP contribution is 2.30. The third kappa shape index (κ3) is 10.3. The number of nitrogens with one attached hydrogen (secondary N) is 2. The first kappa shape index (κ1) is 37.3. The van der Waals surface area contributed by atoms with Gasteiger partial charge in [-0.2, -0.15) is 18.4 Å². The van der Waals surface area contributed by atoms with Gasteiger partial charge in [0, 0.05) is 29.8 Å². The molecule has 1 aromatic heterocycles. The maximum Gasteiger partial charge on any atom is 0.417 e. The van der Waals surface area contributed by atoms with Crippen molar-refractivity contribution in [2.24, 2.45) is 0 Å². The Bertz CT molecular complexity index is 1520. The van der Waals surface area contributed by atoms with Crippen molar-refractivity contribution >= 4 is 17.8 Å². The average Bonchev–Trinajstić information content (AvgIpc) is 3.03. The second-order valence-electron chi connectivity index (χ2n) is 10.7. The van der Waals surface area contributed by atoms with Gasteiger partial charge in [0.1, 0.15) is 6.04 Å². The molecule has 0 aliphatic heterocycles. The van der Waals surface area contributed by atoms with Crippen LogP contribution in [0.2, 0.25) is 0 Å². The molecule has 1 heterocycles. The standard InChI is InChI=1S/C32H33F3N4O5.C2H6/c1-19(39-30(42)31(3,4)44-27-14-13-25(18-37-27)32(33,34)35)26(24-8-6-7-22(15-24)17-36)16-21-9-11-23(12-10-21)28(40)38-20(2)29(41)43-5;1-2/h6-15,18-20,26H,16H2,1-5H3,(H,38,40)(H,39,42);1-2H3. The number of methoxy groups -OCH3 is 1. The Morgan fingerprint density at radius 3 is 2.17 bits per heavy atom. The van der Waals surface area contributed by atoms with E-state index in [1.54, 1.807) is 49.4 Å². The van der Waals surface area contributed by atoms with E-state index in [4.69, 9.17) is 4.74 Å². The van der Waals surface area contributed by atoms with Crippen molar-refractivity contribution in [3.63, 3.8) is 0 Å². The predicted molar refractivity (Wildman–Crippen MR) is 166 cm³/mol. The number of benzene rings is 2. The monoisotopic (exact) mass is 640 g/mol. The Balaban J connectivity index is 0.00000361. The number of nitriles is 1. The molecule has 3 unspecified atom stereocenters. The topological polar surface area (TPSA) is 130 Å². The Kier molecular flexibility index (Phi) is 13.3. The van der Waals surface area contributed by atoms with Gasteiger partial charge in [-0.3, -0.25) is 9.59 Å². The zero-order valence-electron chi connectivity index (χ0n) is 26.9. The highest BCUT2D eigenvalue weighted by molar-refractivity contribution is 5.96. The number of rotatable bonds is 11. The van der Waals surface area contributed by atoms with Crippen LogP contribution < -0.4 is 15.4 Å². The molecule has 12 heteroatoms. The van der Waals surface area contributed by atoms with Crippen LogP contribution in [0.5, 0.6) is 5.88 Å². The smallest absolute Gasteiger partial charge is 0.417 e. The number of amides is 2. The minimum Gasteiger partial charge on any atom is -0.467 e.